The van der Waals surface area contributed by atoms with E-state index < -0.39 is 0 Å². The van der Waals surface area contributed by atoms with Crippen LogP contribution in [-0.2, 0) is 0 Å². The van der Waals surface area contributed by atoms with Crippen LogP contribution < -0.4 is 5.73 Å². The van der Waals surface area contributed by atoms with E-state index in [2.05, 4.69) is 65.4 Å². The van der Waals surface area contributed by atoms with Crippen LogP contribution in [0.2, 0.25) is 0 Å². The summed E-state index contributed by atoms with van der Waals surface area (Å²) in [5.41, 5.74) is 9.28. The Morgan fingerprint density at radius 2 is 1.45 bits per heavy atom. The van der Waals surface area contributed by atoms with E-state index in [1.54, 1.807) is 0 Å². The van der Waals surface area contributed by atoms with E-state index in [1.807, 2.05) is 12.1 Å². The Hall–Kier alpha value is -2.74. The Labute approximate surface area is 117 Å². The summed E-state index contributed by atoms with van der Waals surface area (Å²) in [6.45, 7) is 0. The number of para-hydroxylation sites is 1. The quantitative estimate of drug-likeness (QED) is 0.505. The van der Waals surface area contributed by atoms with Crippen molar-refractivity contribution < 1.29 is 0 Å². The van der Waals surface area contributed by atoms with Crippen molar-refractivity contribution in [2.75, 3.05) is 5.73 Å². The highest BCUT2D eigenvalue weighted by atomic mass is 15.0. The summed E-state index contributed by atoms with van der Waals surface area (Å²) in [6, 6.07) is 22.9. The van der Waals surface area contributed by atoms with E-state index in [4.69, 9.17) is 5.73 Å². The molecule has 2 heteroatoms. The fourth-order valence-corrected chi connectivity index (χ4v) is 2.81. The van der Waals surface area contributed by atoms with Gasteiger partial charge in [-0.15, -0.1) is 0 Å². The second-order valence-electron chi connectivity index (χ2n) is 4.96. The molecule has 2 N–H and O–H groups in total. The predicted molar refractivity (Wildman–Crippen MR) is 85.2 cm³/mol. The van der Waals surface area contributed by atoms with Gasteiger partial charge in [0.05, 0.1) is 11.2 Å². The molecule has 0 amide bonds. The second-order valence-corrected chi connectivity index (χ2v) is 4.96. The van der Waals surface area contributed by atoms with Crippen molar-refractivity contribution >= 4 is 27.4 Å². The number of rotatable bonds is 1. The summed E-state index contributed by atoms with van der Waals surface area (Å²) in [5.74, 6) is 0. The van der Waals surface area contributed by atoms with E-state index in [0.717, 1.165) is 16.8 Å². The molecule has 0 radical (unpaired) electrons. The summed E-state index contributed by atoms with van der Waals surface area (Å²) in [6.07, 6.45) is 2.11. The van der Waals surface area contributed by atoms with Crippen molar-refractivity contribution in [3.63, 3.8) is 0 Å². The number of nitrogens with zero attached hydrogens (tertiary/aromatic N) is 1. The molecule has 4 rings (SSSR count). The fourth-order valence-electron chi connectivity index (χ4n) is 2.81. The van der Waals surface area contributed by atoms with Crippen molar-refractivity contribution in [1.29, 1.82) is 0 Å². The van der Waals surface area contributed by atoms with E-state index in [0.29, 0.717) is 0 Å². The first-order chi connectivity index (χ1) is 9.84. The van der Waals surface area contributed by atoms with E-state index >= 15 is 0 Å². The lowest BCUT2D eigenvalue weighted by atomic mass is 10.1. The molecule has 1 heterocycles. The number of hydrogen-bond donors (Lipinski definition) is 1. The molecule has 4 aromatic rings. The molecule has 0 fully saturated rings. The molecule has 0 aliphatic rings. The highest BCUT2D eigenvalue weighted by Crippen LogP contribution is 2.29. The summed E-state index contributed by atoms with van der Waals surface area (Å²) in [4.78, 5) is 0. The van der Waals surface area contributed by atoms with E-state index in [-0.39, 0.29) is 0 Å². The van der Waals surface area contributed by atoms with Gasteiger partial charge in [0.2, 0.25) is 0 Å². The standard InChI is InChI=1S/C18H14N2/c19-16-9-10-18(15-7-3-2-6-14(15)16)20-12-11-13-5-1-4-8-17(13)20/h1-12H,19H2. The number of aromatic nitrogens is 1. The van der Waals surface area contributed by atoms with Gasteiger partial charge in [-0.1, -0.05) is 42.5 Å². The molecular formula is C18H14N2. The maximum Gasteiger partial charge on any atom is 0.0535 e. The zero-order valence-corrected chi connectivity index (χ0v) is 11.0. The Balaban J connectivity index is 2.10. The highest BCUT2D eigenvalue weighted by Gasteiger charge is 2.07. The molecule has 0 saturated carbocycles. The SMILES string of the molecule is Nc1ccc(-n2ccc3ccccc32)c2ccccc12. The van der Waals surface area contributed by atoms with Crippen molar-refractivity contribution in [2.45, 2.75) is 0 Å². The van der Waals surface area contributed by atoms with Crippen LogP contribution in [0.1, 0.15) is 0 Å². The number of benzene rings is 3. The van der Waals surface area contributed by atoms with Gasteiger partial charge in [-0.2, -0.15) is 0 Å². The molecule has 0 saturated heterocycles. The van der Waals surface area contributed by atoms with Gasteiger partial charge in [-0.3, -0.25) is 0 Å². The van der Waals surface area contributed by atoms with Gasteiger partial charge in [0.25, 0.3) is 0 Å². The predicted octanol–water partition coefficient (Wildman–Crippen LogP) is 4.37. The number of nitrogen functional groups attached to an aromatic ring is 1. The van der Waals surface area contributed by atoms with Crippen LogP contribution in [0.3, 0.4) is 0 Å². The lowest BCUT2D eigenvalue weighted by Crippen LogP contribution is -1.95. The van der Waals surface area contributed by atoms with E-state index in [9.17, 15) is 0 Å². The van der Waals surface area contributed by atoms with Crippen LogP contribution in [0, 0.1) is 0 Å². The normalized spacial score (nSPS) is 11.2. The maximum absolute atomic E-state index is 6.08. The topological polar surface area (TPSA) is 30.9 Å². The van der Waals surface area contributed by atoms with Crippen molar-refractivity contribution in [2.24, 2.45) is 0 Å². The minimum atomic E-state index is 0.820. The average Bonchev–Trinajstić information content (AvgIpc) is 2.92. The largest absolute Gasteiger partial charge is 0.398 e. The maximum atomic E-state index is 6.08. The third-order valence-corrected chi connectivity index (χ3v) is 3.79. The monoisotopic (exact) mass is 258 g/mol. The number of fused-ring (bicyclic) bond motifs is 2. The van der Waals surface area contributed by atoms with Gasteiger partial charge in [0, 0.05) is 22.7 Å². The fraction of sp³-hybridized carbons (Fsp3) is 0. The minimum absolute atomic E-state index is 0.820. The third-order valence-electron chi connectivity index (χ3n) is 3.79. The molecule has 0 bridgehead atoms. The van der Waals surface area contributed by atoms with Gasteiger partial charge in [-0.05, 0) is 29.7 Å². The molecule has 2 nitrogen and oxygen atoms in total. The zero-order chi connectivity index (χ0) is 13.5. The lowest BCUT2D eigenvalue weighted by molar-refractivity contribution is 1.14. The zero-order valence-electron chi connectivity index (χ0n) is 11.0. The van der Waals surface area contributed by atoms with Crippen LogP contribution in [0.4, 0.5) is 5.69 Å². The van der Waals surface area contributed by atoms with Gasteiger partial charge >= 0.3 is 0 Å². The molecule has 20 heavy (non-hydrogen) atoms. The Morgan fingerprint density at radius 3 is 2.35 bits per heavy atom. The highest BCUT2D eigenvalue weighted by molar-refractivity contribution is 5.99. The Kier molecular flexibility index (Phi) is 2.30. The smallest absolute Gasteiger partial charge is 0.0535 e. The third kappa shape index (κ3) is 1.51. The molecule has 0 aliphatic carbocycles. The molecule has 96 valence electrons. The molecular weight excluding hydrogens is 244 g/mol. The van der Waals surface area contributed by atoms with E-state index in [1.165, 1.54) is 16.3 Å². The molecule has 0 atom stereocenters. The Bertz CT molecular complexity index is 919. The van der Waals surface area contributed by atoms with Gasteiger partial charge in [-0.25, -0.2) is 0 Å². The van der Waals surface area contributed by atoms with Gasteiger partial charge in [0.1, 0.15) is 0 Å². The van der Waals surface area contributed by atoms with Crippen molar-refractivity contribution in [1.82, 2.24) is 4.57 Å². The number of hydrogen-bond acceptors (Lipinski definition) is 1. The van der Waals surface area contributed by atoms with Crippen LogP contribution in [0.25, 0.3) is 27.4 Å². The number of anilines is 1. The summed E-state index contributed by atoms with van der Waals surface area (Å²) < 4.78 is 2.22. The van der Waals surface area contributed by atoms with Gasteiger partial charge < -0.3 is 10.3 Å². The van der Waals surface area contributed by atoms with Crippen LogP contribution in [0.15, 0.2) is 72.9 Å². The first-order valence-electron chi connectivity index (χ1n) is 6.68. The van der Waals surface area contributed by atoms with Crippen LogP contribution >= 0.6 is 0 Å². The summed E-state index contributed by atoms with van der Waals surface area (Å²) >= 11 is 0. The lowest BCUT2D eigenvalue weighted by Gasteiger charge is -2.11. The average molecular weight is 258 g/mol. The summed E-state index contributed by atoms with van der Waals surface area (Å²) in [5, 5.41) is 3.52. The molecule has 1 aromatic heterocycles. The van der Waals surface area contributed by atoms with Crippen LogP contribution in [-0.4, -0.2) is 4.57 Å². The van der Waals surface area contributed by atoms with Crippen LogP contribution in [0.5, 0.6) is 0 Å². The van der Waals surface area contributed by atoms with Crippen molar-refractivity contribution in [3.05, 3.63) is 72.9 Å². The van der Waals surface area contributed by atoms with Crippen molar-refractivity contribution in [3.8, 4) is 5.69 Å². The Morgan fingerprint density at radius 1 is 0.700 bits per heavy atom. The first-order valence-corrected chi connectivity index (χ1v) is 6.68. The van der Waals surface area contributed by atoms with Gasteiger partial charge in [0.15, 0.2) is 0 Å². The molecule has 0 aliphatic heterocycles. The molecule has 3 aromatic carbocycles. The first kappa shape index (κ1) is 11.1. The second kappa shape index (κ2) is 4.14. The minimum Gasteiger partial charge on any atom is -0.398 e. The molecule has 0 spiro atoms. The molecule has 0 unspecified atom stereocenters. The summed E-state index contributed by atoms with van der Waals surface area (Å²) in [7, 11) is 0. The number of nitrogens with two attached hydrogens (primary N) is 1.